The van der Waals surface area contributed by atoms with Crippen molar-refractivity contribution in [2.24, 2.45) is 11.5 Å². The van der Waals surface area contributed by atoms with Crippen LogP contribution < -0.4 is 27.4 Å². The normalized spacial score (nSPS) is 13.3. The summed E-state index contributed by atoms with van der Waals surface area (Å²) in [7, 11) is 0. The van der Waals surface area contributed by atoms with Crippen LogP contribution in [0.2, 0.25) is 0 Å². The summed E-state index contributed by atoms with van der Waals surface area (Å²) in [6.07, 6.45) is 0.731. The highest BCUT2D eigenvalue weighted by molar-refractivity contribution is 5.93. The van der Waals surface area contributed by atoms with Gasteiger partial charge in [0, 0.05) is 6.42 Å². The first-order chi connectivity index (χ1) is 15.6. The van der Waals surface area contributed by atoms with E-state index in [-0.39, 0.29) is 12.8 Å². The van der Waals surface area contributed by atoms with Gasteiger partial charge in [-0.2, -0.15) is 0 Å². The maximum Gasteiger partial charge on any atom is 0.326 e. The van der Waals surface area contributed by atoms with Crippen LogP contribution in [0, 0.1) is 0 Å². The topological polar surface area (TPSA) is 214 Å². The molecule has 0 fully saturated rings. The summed E-state index contributed by atoms with van der Waals surface area (Å²) in [5, 5.41) is 25.2. The molecular weight excluding hydrogens is 434 g/mol. The van der Waals surface area contributed by atoms with Gasteiger partial charge in [-0.15, -0.1) is 0 Å². The molecule has 1 aromatic rings. The summed E-state index contributed by atoms with van der Waals surface area (Å²) in [5.41, 5.74) is 11.7. The van der Waals surface area contributed by atoms with E-state index in [2.05, 4.69) is 16.0 Å². The molecule has 0 aromatic heterocycles. The molecule has 0 heterocycles. The van der Waals surface area contributed by atoms with E-state index >= 15 is 0 Å². The Balaban J connectivity index is 2.67. The lowest BCUT2D eigenvalue weighted by Crippen LogP contribution is -2.53. The summed E-state index contributed by atoms with van der Waals surface area (Å²) >= 11 is 0. The van der Waals surface area contributed by atoms with Crippen LogP contribution in [0.1, 0.15) is 31.2 Å². The molecule has 3 atom stereocenters. The number of carboxylic acids is 2. The zero-order chi connectivity index (χ0) is 24.8. The molecule has 0 aliphatic rings. The summed E-state index contributed by atoms with van der Waals surface area (Å²) in [6, 6.07) is 5.15. The van der Waals surface area contributed by atoms with Gasteiger partial charge < -0.3 is 37.6 Å². The Morgan fingerprint density at radius 1 is 0.909 bits per heavy atom. The predicted molar refractivity (Wildman–Crippen MR) is 118 cm³/mol. The Labute approximate surface area is 191 Å². The lowest BCUT2D eigenvalue weighted by atomic mass is 10.1. The van der Waals surface area contributed by atoms with Crippen molar-refractivity contribution in [3.8, 4) is 0 Å². The average molecular weight is 466 g/mol. The third-order valence-corrected chi connectivity index (χ3v) is 4.65. The lowest BCUT2D eigenvalue weighted by molar-refractivity contribution is -0.141. The highest BCUT2D eigenvalue weighted by Crippen LogP contribution is 2.04. The van der Waals surface area contributed by atoms with Crippen LogP contribution in [0.5, 0.6) is 0 Å². The van der Waals surface area contributed by atoms with Gasteiger partial charge in [-0.05, 0) is 31.4 Å². The third-order valence-electron chi connectivity index (χ3n) is 4.65. The quantitative estimate of drug-likeness (QED) is 0.147. The van der Waals surface area contributed by atoms with Gasteiger partial charge in [0.25, 0.3) is 0 Å². The van der Waals surface area contributed by atoms with Crippen molar-refractivity contribution in [2.45, 2.75) is 50.2 Å². The van der Waals surface area contributed by atoms with Crippen LogP contribution in [0.25, 0.3) is 0 Å². The summed E-state index contributed by atoms with van der Waals surface area (Å²) in [4.78, 5) is 59.1. The molecule has 0 radical (unpaired) electrons. The number of benzene rings is 1. The molecule has 33 heavy (non-hydrogen) atoms. The molecule has 9 N–H and O–H groups in total. The van der Waals surface area contributed by atoms with E-state index in [1.54, 1.807) is 30.3 Å². The fourth-order valence-corrected chi connectivity index (χ4v) is 2.91. The van der Waals surface area contributed by atoms with Crippen molar-refractivity contribution in [1.82, 2.24) is 16.0 Å². The number of nitrogens with one attached hydrogen (secondary N) is 3. The molecule has 1 aromatic carbocycles. The molecular formula is C21H31N5O7. The SMILES string of the molecule is NCCCCC(NC(=O)C(N)CC(=O)O)C(=O)NCC(=O)NC(Cc1ccccc1)C(=O)O. The zero-order valence-corrected chi connectivity index (χ0v) is 18.2. The Morgan fingerprint density at radius 2 is 1.58 bits per heavy atom. The van der Waals surface area contributed by atoms with Gasteiger partial charge in [0.05, 0.1) is 19.0 Å². The van der Waals surface area contributed by atoms with Crippen LogP contribution in [0.15, 0.2) is 30.3 Å². The highest BCUT2D eigenvalue weighted by atomic mass is 16.4. The fraction of sp³-hybridized carbons (Fsp3) is 0.476. The number of carbonyl (C=O) groups excluding carboxylic acids is 3. The van der Waals surface area contributed by atoms with Crippen LogP contribution in [-0.2, 0) is 30.4 Å². The molecule has 0 saturated carbocycles. The van der Waals surface area contributed by atoms with Gasteiger partial charge in [-0.1, -0.05) is 30.3 Å². The molecule has 182 valence electrons. The van der Waals surface area contributed by atoms with E-state index < -0.39 is 60.8 Å². The average Bonchev–Trinajstić information content (AvgIpc) is 2.76. The first-order valence-electron chi connectivity index (χ1n) is 10.5. The summed E-state index contributed by atoms with van der Waals surface area (Å²) in [5.74, 6) is -4.71. The second kappa shape index (κ2) is 14.5. The number of aliphatic carboxylic acids is 2. The molecule has 1 rings (SSSR count). The molecule has 0 bridgehead atoms. The van der Waals surface area contributed by atoms with Crippen molar-refractivity contribution in [3.05, 3.63) is 35.9 Å². The first kappa shape index (κ1) is 27.5. The second-order valence-corrected chi connectivity index (χ2v) is 7.42. The zero-order valence-electron chi connectivity index (χ0n) is 18.2. The molecule has 0 spiro atoms. The van der Waals surface area contributed by atoms with E-state index in [9.17, 15) is 29.1 Å². The molecule has 0 saturated heterocycles. The summed E-state index contributed by atoms with van der Waals surface area (Å²) in [6.45, 7) is -0.136. The number of carboxylic acid groups (broad SMARTS) is 2. The van der Waals surface area contributed by atoms with Crippen LogP contribution in [0.4, 0.5) is 0 Å². The van der Waals surface area contributed by atoms with Crippen molar-refractivity contribution < 1.29 is 34.2 Å². The minimum atomic E-state index is -1.34. The number of hydrogen-bond acceptors (Lipinski definition) is 7. The van der Waals surface area contributed by atoms with E-state index in [0.29, 0.717) is 19.4 Å². The Kier molecular flexibility index (Phi) is 12.1. The number of hydrogen-bond donors (Lipinski definition) is 7. The Hall–Kier alpha value is -3.51. The van der Waals surface area contributed by atoms with Crippen LogP contribution in [-0.4, -0.2) is 71.1 Å². The fourth-order valence-electron chi connectivity index (χ4n) is 2.91. The Morgan fingerprint density at radius 3 is 2.15 bits per heavy atom. The highest BCUT2D eigenvalue weighted by Gasteiger charge is 2.26. The number of nitrogens with two attached hydrogens (primary N) is 2. The van der Waals surface area contributed by atoms with Gasteiger partial charge >= 0.3 is 11.9 Å². The molecule has 0 aliphatic heterocycles. The minimum absolute atomic E-state index is 0.0646. The number of unbranched alkanes of at least 4 members (excludes halogenated alkanes) is 1. The summed E-state index contributed by atoms with van der Waals surface area (Å²) < 4.78 is 0. The largest absolute Gasteiger partial charge is 0.481 e. The number of amides is 3. The molecule has 3 unspecified atom stereocenters. The molecule has 0 aliphatic carbocycles. The maximum absolute atomic E-state index is 12.5. The van der Waals surface area contributed by atoms with Crippen molar-refractivity contribution in [1.29, 1.82) is 0 Å². The van der Waals surface area contributed by atoms with Gasteiger partial charge in [0.15, 0.2) is 0 Å². The van der Waals surface area contributed by atoms with E-state index in [4.69, 9.17) is 16.6 Å². The van der Waals surface area contributed by atoms with E-state index in [1.807, 2.05) is 0 Å². The van der Waals surface area contributed by atoms with E-state index in [0.717, 1.165) is 5.56 Å². The van der Waals surface area contributed by atoms with E-state index in [1.165, 1.54) is 0 Å². The monoisotopic (exact) mass is 465 g/mol. The maximum atomic E-state index is 12.5. The lowest BCUT2D eigenvalue weighted by Gasteiger charge is -2.20. The molecule has 12 heteroatoms. The number of rotatable bonds is 15. The van der Waals surface area contributed by atoms with Gasteiger partial charge in [-0.3, -0.25) is 19.2 Å². The smallest absolute Gasteiger partial charge is 0.326 e. The Bertz CT molecular complexity index is 818. The standard InChI is InChI=1S/C21H31N5O7/c22-9-5-4-8-15(26-19(30)14(23)11-18(28)29)20(31)24-12-17(27)25-16(21(32)33)10-13-6-2-1-3-7-13/h1-3,6-7,14-16H,4-5,8-12,22-23H2,(H,24,31)(H,25,27)(H,26,30)(H,28,29)(H,32,33). The molecule has 3 amide bonds. The van der Waals surface area contributed by atoms with Crippen LogP contribution in [0.3, 0.4) is 0 Å². The van der Waals surface area contributed by atoms with Gasteiger partial charge in [0.1, 0.15) is 12.1 Å². The van der Waals surface area contributed by atoms with Crippen molar-refractivity contribution in [2.75, 3.05) is 13.1 Å². The van der Waals surface area contributed by atoms with Crippen LogP contribution >= 0.6 is 0 Å². The molecule has 12 nitrogen and oxygen atoms in total. The minimum Gasteiger partial charge on any atom is -0.481 e. The van der Waals surface area contributed by atoms with Gasteiger partial charge in [0.2, 0.25) is 17.7 Å². The second-order valence-electron chi connectivity index (χ2n) is 7.42. The van der Waals surface area contributed by atoms with Crippen molar-refractivity contribution in [3.63, 3.8) is 0 Å². The number of carbonyl (C=O) groups is 5. The first-order valence-corrected chi connectivity index (χ1v) is 10.5. The third kappa shape index (κ3) is 11.1. The van der Waals surface area contributed by atoms with Crippen molar-refractivity contribution >= 4 is 29.7 Å². The predicted octanol–water partition coefficient (Wildman–Crippen LogP) is -1.67. The van der Waals surface area contributed by atoms with Gasteiger partial charge in [-0.25, -0.2) is 4.79 Å².